The van der Waals surface area contributed by atoms with Gasteiger partial charge in [-0.3, -0.25) is 4.79 Å². The zero-order valence-electron chi connectivity index (χ0n) is 15.5. The predicted molar refractivity (Wildman–Crippen MR) is 96.7 cm³/mol. The van der Waals surface area contributed by atoms with Crippen molar-refractivity contribution in [1.82, 2.24) is 0 Å². The Morgan fingerprint density at radius 3 is 2.26 bits per heavy atom. The van der Waals surface area contributed by atoms with E-state index in [0.29, 0.717) is 12.0 Å². The second-order valence-electron chi connectivity index (χ2n) is 6.31. The van der Waals surface area contributed by atoms with Gasteiger partial charge >= 0.3 is 11.9 Å². The molecule has 0 amide bonds. The minimum absolute atomic E-state index is 0.442. The van der Waals surface area contributed by atoms with Crippen LogP contribution in [0, 0.1) is 0 Å². The van der Waals surface area contributed by atoms with Crippen LogP contribution in [0.5, 0.6) is 0 Å². The topological polar surface area (TPSA) is 71.1 Å². The van der Waals surface area contributed by atoms with E-state index in [1.54, 1.807) is 24.3 Å². The molecule has 0 spiro atoms. The van der Waals surface area contributed by atoms with Crippen molar-refractivity contribution in [2.45, 2.75) is 31.3 Å². The summed E-state index contributed by atoms with van der Waals surface area (Å²) in [6.45, 7) is 1.25. The van der Waals surface area contributed by atoms with E-state index in [9.17, 15) is 9.59 Å². The maximum absolute atomic E-state index is 13.0. The Morgan fingerprint density at radius 1 is 1.00 bits per heavy atom. The summed E-state index contributed by atoms with van der Waals surface area (Å²) in [5.74, 6) is -2.38. The first-order valence-electron chi connectivity index (χ1n) is 8.61. The fourth-order valence-electron chi connectivity index (χ4n) is 3.37. The highest BCUT2D eigenvalue weighted by atomic mass is 16.7. The van der Waals surface area contributed by atoms with Crippen molar-refractivity contribution in [3.8, 4) is 0 Å². The molecule has 2 aromatic rings. The molecule has 0 bridgehead atoms. The van der Waals surface area contributed by atoms with E-state index in [-0.39, 0.29) is 0 Å². The van der Waals surface area contributed by atoms with Crippen molar-refractivity contribution in [3.05, 3.63) is 71.3 Å². The number of esters is 2. The average Bonchev–Trinajstić information content (AvgIpc) is 3.00. The number of carbonyl (C=O) groups is 2. The van der Waals surface area contributed by atoms with Gasteiger partial charge in [-0.1, -0.05) is 54.6 Å². The van der Waals surface area contributed by atoms with Gasteiger partial charge < -0.3 is 18.9 Å². The van der Waals surface area contributed by atoms with Crippen LogP contribution in [0.2, 0.25) is 0 Å². The van der Waals surface area contributed by atoms with E-state index >= 15 is 0 Å². The van der Waals surface area contributed by atoms with Crippen molar-refractivity contribution >= 4 is 11.9 Å². The van der Waals surface area contributed by atoms with E-state index < -0.39 is 29.9 Å². The van der Waals surface area contributed by atoms with Gasteiger partial charge in [0.15, 0.2) is 6.10 Å². The zero-order chi connectivity index (χ0) is 19.4. The number of fused-ring (bicyclic) bond motifs is 1. The van der Waals surface area contributed by atoms with Crippen LogP contribution in [0.25, 0.3) is 0 Å². The van der Waals surface area contributed by atoms with Gasteiger partial charge in [0.05, 0.1) is 0 Å². The quantitative estimate of drug-likeness (QED) is 0.575. The van der Waals surface area contributed by atoms with Gasteiger partial charge in [-0.05, 0) is 5.56 Å². The van der Waals surface area contributed by atoms with Crippen LogP contribution in [0.1, 0.15) is 35.8 Å². The lowest BCUT2D eigenvalue weighted by molar-refractivity contribution is -0.262. The highest BCUT2D eigenvalue weighted by Crippen LogP contribution is 2.45. The normalized spacial score (nSPS) is 18.4. The summed E-state index contributed by atoms with van der Waals surface area (Å²) >= 11 is 0. The highest BCUT2D eigenvalue weighted by Gasteiger charge is 2.50. The number of methoxy groups -OCH3 is 2. The standard InChI is InChI=1S/C21H22O6/c1-14(22)26-18(15-9-5-4-6-10-15)20(23)27-19-17-12-8-7-11-16(17)13-21(19,24-2)25-3/h4-12,18-19H,13H2,1-3H3/t18-,19+/m0/s1. The summed E-state index contributed by atoms with van der Waals surface area (Å²) in [7, 11) is 3.02. The molecule has 1 aliphatic rings. The Labute approximate surface area is 158 Å². The molecule has 0 fully saturated rings. The van der Waals surface area contributed by atoms with Crippen LogP contribution >= 0.6 is 0 Å². The van der Waals surface area contributed by atoms with Gasteiger partial charge in [0.2, 0.25) is 11.9 Å². The van der Waals surface area contributed by atoms with Gasteiger partial charge in [-0.2, -0.15) is 0 Å². The first-order chi connectivity index (χ1) is 13.0. The van der Waals surface area contributed by atoms with Gasteiger partial charge in [0.1, 0.15) is 0 Å². The number of hydrogen-bond donors (Lipinski definition) is 0. The van der Waals surface area contributed by atoms with E-state index in [1.165, 1.54) is 21.1 Å². The zero-order valence-corrected chi connectivity index (χ0v) is 15.5. The highest BCUT2D eigenvalue weighted by molar-refractivity contribution is 5.80. The smallest absolute Gasteiger partial charge is 0.353 e. The van der Waals surface area contributed by atoms with E-state index in [1.807, 2.05) is 30.3 Å². The first-order valence-corrected chi connectivity index (χ1v) is 8.61. The largest absolute Gasteiger partial charge is 0.449 e. The van der Waals surface area contributed by atoms with Crippen LogP contribution in [0.3, 0.4) is 0 Å². The molecule has 2 atom stereocenters. The molecule has 0 aliphatic heterocycles. The molecule has 0 saturated heterocycles. The molecular formula is C21H22O6. The SMILES string of the molecule is COC1(OC)Cc2ccccc2[C@H]1OC(=O)[C@@H](OC(C)=O)c1ccccc1. The molecule has 0 unspecified atom stereocenters. The molecule has 1 aliphatic carbocycles. The summed E-state index contributed by atoms with van der Waals surface area (Å²) in [4.78, 5) is 24.5. The third-order valence-corrected chi connectivity index (χ3v) is 4.70. The minimum atomic E-state index is -1.16. The molecule has 0 saturated carbocycles. The van der Waals surface area contributed by atoms with Gasteiger partial charge in [0, 0.05) is 38.7 Å². The second kappa shape index (κ2) is 7.90. The van der Waals surface area contributed by atoms with Crippen LogP contribution in [-0.4, -0.2) is 31.9 Å². The molecule has 0 aromatic heterocycles. The average molecular weight is 370 g/mol. The van der Waals surface area contributed by atoms with Crippen molar-refractivity contribution in [2.24, 2.45) is 0 Å². The van der Waals surface area contributed by atoms with Crippen molar-refractivity contribution in [3.63, 3.8) is 0 Å². The first kappa shape index (κ1) is 19.1. The number of rotatable bonds is 6. The monoisotopic (exact) mass is 370 g/mol. The predicted octanol–water partition coefficient (Wildman–Crippen LogP) is 3.12. The molecule has 3 rings (SSSR count). The second-order valence-corrected chi connectivity index (χ2v) is 6.31. The third-order valence-electron chi connectivity index (χ3n) is 4.70. The Morgan fingerprint density at radius 2 is 1.63 bits per heavy atom. The summed E-state index contributed by atoms with van der Waals surface area (Å²) in [6.07, 6.45) is -1.50. The molecule has 0 N–H and O–H groups in total. The lowest BCUT2D eigenvalue weighted by Crippen LogP contribution is -2.41. The Kier molecular flexibility index (Phi) is 5.58. The minimum Gasteiger partial charge on any atom is -0.449 e. The molecule has 0 radical (unpaired) electrons. The lowest BCUT2D eigenvalue weighted by Gasteiger charge is -2.33. The summed E-state index contributed by atoms with van der Waals surface area (Å²) in [5, 5.41) is 0. The third kappa shape index (κ3) is 3.72. The number of hydrogen-bond acceptors (Lipinski definition) is 6. The maximum atomic E-state index is 13.0. The summed E-state index contributed by atoms with van der Waals surface area (Å²) in [6, 6.07) is 16.3. The van der Waals surface area contributed by atoms with Crippen molar-refractivity contribution in [1.29, 1.82) is 0 Å². The van der Waals surface area contributed by atoms with Crippen molar-refractivity contribution in [2.75, 3.05) is 14.2 Å². The van der Waals surface area contributed by atoms with Crippen LogP contribution < -0.4 is 0 Å². The fraction of sp³-hybridized carbons (Fsp3) is 0.333. The van der Waals surface area contributed by atoms with E-state index in [2.05, 4.69) is 0 Å². The molecule has 27 heavy (non-hydrogen) atoms. The van der Waals surface area contributed by atoms with Gasteiger partial charge in [0.25, 0.3) is 0 Å². The Balaban J connectivity index is 1.92. The fourth-order valence-corrected chi connectivity index (χ4v) is 3.37. The molecule has 6 heteroatoms. The van der Waals surface area contributed by atoms with Crippen LogP contribution in [0.4, 0.5) is 0 Å². The molecule has 142 valence electrons. The summed E-state index contributed by atoms with van der Waals surface area (Å²) < 4.78 is 22.2. The molecular weight excluding hydrogens is 348 g/mol. The number of ether oxygens (including phenoxy) is 4. The maximum Gasteiger partial charge on any atom is 0.353 e. The summed E-state index contributed by atoms with van der Waals surface area (Å²) in [5.41, 5.74) is 2.32. The lowest BCUT2D eigenvalue weighted by atomic mass is 10.1. The van der Waals surface area contributed by atoms with Crippen LogP contribution in [0.15, 0.2) is 54.6 Å². The molecule has 0 heterocycles. The van der Waals surface area contributed by atoms with E-state index in [4.69, 9.17) is 18.9 Å². The van der Waals surface area contributed by atoms with Gasteiger partial charge in [-0.25, -0.2) is 4.79 Å². The molecule has 2 aromatic carbocycles. The van der Waals surface area contributed by atoms with E-state index in [0.717, 1.165) is 11.1 Å². The number of benzene rings is 2. The molecule has 6 nitrogen and oxygen atoms in total. The van der Waals surface area contributed by atoms with Gasteiger partial charge in [-0.15, -0.1) is 0 Å². The Bertz CT molecular complexity index is 812. The van der Waals surface area contributed by atoms with Crippen LogP contribution in [-0.2, 0) is 35.0 Å². The van der Waals surface area contributed by atoms with Crippen molar-refractivity contribution < 1.29 is 28.5 Å². The Hall–Kier alpha value is -2.70. The number of carbonyl (C=O) groups excluding carboxylic acids is 2.